The summed E-state index contributed by atoms with van der Waals surface area (Å²) in [6, 6.07) is 15.2. The van der Waals surface area contributed by atoms with Crippen LogP contribution in [0.5, 0.6) is 17.4 Å². The second kappa shape index (κ2) is 20.4. The third-order valence-electron chi connectivity index (χ3n) is 15.3. The molecule has 2 saturated carbocycles. The molecule has 6 N–H and O–H groups in total. The molecule has 0 radical (unpaired) electrons. The van der Waals surface area contributed by atoms with Crippen molar-refractivity contribution in [2.75, 3.05) is 56.1 Å². The molecule has 1 amide bonds. The highest BCUT2D eigenvalue weighted by molar-refractivity contribution is 7.90. The van der Waals surface area contributed by atoms with Gasteiger partial charge in [0.05, 0.1) is 34.3 Å². The van der Waals surface area contributed by atoms with E-state index in [0.29, 0.717) is 64.1 Å². The molecule has 5 aromatic rings. The van der Waals surface area contributed by atoms with Crippen LogP contribution in [0, 0.1) is 27.3 Å². The minimum Gasteiger partial charge on any atom is -0.475 e. The number of aromatic nitrogens is 3. The van der Waals surface area contributed by atoms with E-state index < -0.39 is 53.1 Å². The van der Waals surface area contributed by atoms with Gasteiger partial charge in [0.2, 0.25) is 5.82 Å². The van der Waals surface area contributed by atoms with Crippen molar-refractivity contribution in [3.8, 4) is 17.4 Å². The molecular weight excluding hydrogens is 984 g/mol. The highest BCUT2D eigenvalue weighted by Crippen LogP contribution is 2.53. The van der Waals surface area contributed by atoms with Gasteiger partial charge < -0.3 is 29.8 Å². The van der Waals surface area contributed by atoms with Crippen LogP contribution in [0.2, 0.25) is 0 Å². The van der Waals surface area contributed by atoms with E-state index in [9.17, 15) is 41.2 Å². The van der Waals surface area contributed by atoms with Crippen molar-refractivity contribution in [2.45, 2.75) is 108 Å². The van der Waals surface area contributed by atoms with Crippen molar-refractivity contribution in [3.63, 3.8) is 0 Å². The number of hydrogen-bond donors (Lipinski definition) is 5. The topological polar surface area (TPSA) is 269 Å². The summed E-state index contributed by atoms with van der Waals surface area (Å²) in [7, 11) is -8.65. The second-order valence-electron chi connectivity index (χ2n) is 20.6. The molecule has 2 aromatic carbocycles. The summed E-state index contributed by atoms with van der Waals surface area (Å²) in [5.41, 5.74) is 1.63. The van der Waals surface area contributed by atoms with Crippen LogP contribution in [-0.4, -0.2) is 114 Å². The third kappa shape index (κ3) is 11.1. The molecular formula is C50H63FN10O10S2. The number of nitro groups is 1. The lowest BCUT2D eigenvalue weighted by Crippen LogP contribution is -2.61. The number of nitrogens with zero attached hydrogens (tertiary/aromatic N) is 6. The number of carbonyl (C=O) groups excluding carboxylic acids is 1. The summed E-state index contributed by atoms with van der Waals surface area (Å²) >= 11 is 0. The number of sulfonamides is 1. The van der Waals surface area contributed by atoms with E-state index in [1.165, 1.54) is 22.0 Å². The SMILES string of the molecule is CCOc1nc2[nH]cc(F)c2cc1Oc1cc(N2CCC3(CC2)CC(N2CCN(S(N)(=O)=O)C[C@H]2c2ccccc2C(C)C)C3)ccc1C(=O)NS(=O)(=O)c1cnc(NCC2CCC(C)(O)CC2)c([N+](=O)[O-])c1. The van der Waals surface area contributed by atoms with Gasteiger partial charge in [0.1, 0.15) is 22.1 Å². The number of nitrogens with one attached hydrogen (secondary N) is 3. The first-order valence-electron chi connectivity index (χ1n) is 24.8. The number of piperidine rings is 1. The molecule has 2 aliphatic carbocycles. The number of benzene rings is 2. The Morgan fingerprint density at radius 1 is 1.03 bits per heavy atom. The molecule has 5 heterocycles. The third-order valence-corrected chi connectivity index (χ3v) is 17.6. The van der Waals surface area contributed by atoms with Crippen LogP contribution in [-0.2, 0) is 20.2 Å². The van der Waals surface area contributed by atoms with Crippen molar-refractivity contribution in [1.82, 2.24) is 28.9 Å². The quantitative estimate of drug-likeness (QED) is 0.0487. The number of aliphatic hydroxyl groups is 1. The van der Waals surface area contributed by atoms with Crippen LogP contribution >= 0.6 is 0 Å². The molecule has 1 atom stereocenters. The minimum absolute atomic E-state index is 0.0101. The zero-order valence-electron chi connectivity index (χ0n) is 41.3. The Balaban J connectivity index is 0.941. The lowest BCUT2D eigenvalue weighted by atomic mass is 9.59. The molecule has 1 spiro atoms. The van der Waals surface area contributed by atoms with Crippen LogP contribution in [0.3, 0.4) is 0 Å². The van der Waals surface area contributed by atoms with Crippen LogP contribution in [0.1, 0.15) is 113 Å². The Hall–Kier alpha value is -5.98. The van der Waals surface area contributed by atoms with Gasteiger partial charge in [-0.3, -0.25) is 19.8 Å². The van der Waals surface area contributed by atoms with E-state index in [4.69, 9.17) is 14.6 Å². The first kappa shape index (κ1) is 51.9. The Morgan fingerprint density at radius 2 is 1.75 bits per heavy atom. The first-order valence-corrected chi connectivity index (χ1v) is 27.8. The number of nitrogens with two attached hydrogens (primary N) is 1. The molecule has 20 nitrogen and oxygen atoms in total. The molecule has 0 bridgehead atoms. The molecule has 2 aliphatic heterocycles. The maximum atomic E-state index is 14.9. The number of carbonyl (C=O) groups is 1. The van der Waals surface area contributed by atoms with E-state index >= 15 is 0 Å². The zero-order valence-corrected chi connectivity index (χ0v) is 43.0. The van der Waals surface area contributed by atoms with Crippen molar-refractivity contribution in [3.05, 3.63) is 99.6 Å². The number of hydrogen-bond acceptors (Lipinski definition) is 15. The summed E-state index contributed by atoms with van der Waals surface area (Å²) in [5, 5.41) is 31.3. The normalized spacial score (nSPS) is 22.1. The fourth-order valence-corrected chi connectivity index (χ4v) is 12.7. The van der Waals surface area contributed by atoms with Crippen LogP contribution in [0.15, 0.2) is 71.9 Å². The van der Waals surface area contributed by atoms with E-state index in [1.807, 2.05) is 16.9 Å². The number of amides is 1. The molecule has 73 heavy (non-hydrogen) atoms. The first-order chi connectivity index (χ1) is 34.6. The lowest BCUT2D eigenvalue weighted by molar-refractivity contribution is -0.384. The molecule has 9 rings (SSSR count). The molecule has 0 unspecified atom stereocenters. The van der Waals surface area contributed by atoms with Gasteiger partial charge >= 0.3 is 5.69 Å². The Morgan fingerprint density at radius 3 is 2.44 bits per heavy atom. The number of H-pyrrole nitrogens is 1. The van der Waals surface area contributed by atoms with Crippen molar-refractivity contribution in [2.24, 2.45) is 16.5 Å². The van der Waals surface area contributed by atoms with Gasteiger partial charge in [0.15, 0.2) is 5.75 Å². The average molecular weight is 1050 g/mol. The molecule has 4 fully saturated rings. The monoisotopic (exact) mass is 1050 g/mol. The van der Waals surface area contributed by atoms with Crippen LogP contribution in [0.4, 0.5) is 21.6 Å². The number of aromatic amines is 1. The number of ether oxygens (including phenoxy) is 2. The highest BCUT2D eigenvalue weighted by atomic mass is 32.2. The van der Waals surface area contributed by atoms with Crippen LogP contribution in [0.25, 0.3) is 11.0 Å². The maximum absolute atomic E-state index is 14.9. The van der Waals surface area contributed by atoms with Gasteiger partial charge in [-0.15, -0.1) is 0 Å². The Kier molecular flexibility index (Phi) is 14.5. The number of rotatable bonds is 16. The fraction of sp³-hybridized carbons (Fsp3) is 0.500. The predicted octanol–water partition coefficient (Wildman–Crippen LogP) is 7.10. The van der Waals surface area contributed by atoms with E-state index in [1.54, 1.807) is 26.0 Å². The van der Waals surface area contributed by atoms with Crippen LogP contribution < -0.4 is 29.6 Å². The fourth-order valence-electron chi connectivity index (χ4n) is 11.1. The summed E-state index contributed by atoms with van der Waals surface area (Å²) in [4.78, 5) is 40.9. The maximum Gasteiger partial charge on any atom is 0.312 e. The van der Waals surface area contributed by atoms with Gasteiger partial charge in [0, 0.05) is 81.4 Å². The Labute approximate surface area is 424 Å². The molecule has 23 heteroatoms. The smallest absolute Gasteiger partial charge is 0.312 e. The number of fused-ring (bicyclic) bond motifs is 1. The van der Waals surface area contributed by atoms with Gasteiger partial charge in [-0.05, 0) is 106 Å². The molecule has 3 aromatic heterocycles. The summed E-state index contributed by atoms with van der Waals surface area (Å²) in [5.74, 6) is -1.64. The predicted molar refractivity (Wildman–Crippen MR) is 272 cm³/mol. The van der Waals surface area contributed by atoms with Crippen molar-refractivity contribution >= 4 is 54.4 Å². The number of anilines is 2. The number of piperazine rings is 1. The second-order valence-corrected chi connectivity index (χ2v) is 23.8. The summed E-state index contributed by atoms with van der Waals surface area (Å²) in [6.07, 6.45) is 8.21. The molecule has 2 saturated heterocycles. The standard InChI is InChI=1S/C50H63FN10O10S2/c1-5-70-48-44(24-39-40(51)29-55-45(39)56-48)71-43-22-33(10-11-38(43)47(62)57-72(66,67)35-23-41(61(64)65)46(54-28-35)53-27-32-12-14-49(4,63)15-13-32)58-18-16-50(17-19-58)25-34(26-50)60-21-20-59(73(52,68)69)30-42(60)37-9-7-6-8-36(37)31(2)3/h6-11,22-24,28-29,31-32,34,42,63H,5,12-21,25-27,30H2,1-4H3,(H,53,54)(H,55,56)(H,57,62)(H2,52,68,69)/t32?,42-,49?/m0/s1. The molecule has 392 valence electrons. The van der Waals surface area contributed by atoms with Crippen molar-refractivity contribution < 1.29 is 45.5 Å². The van der Waals surface area contributed by atoms with Gasteiger partial charge in [0.25, 0.3) is 32.0 Å². The number of halogens is 1. The van der Waals surface area contributed by atoms with Gasteiger partial charge in [-0.1, -0.05) is 38.1 Å². The lowest BCUT2D eigenvalue weighted by Gasteiger charge is -2.58. The number of pyridine rings is 2. The average Bonchev–Trinajstić information content (AvgIpc) is 3.70. The van der Waals surface area contributed by atoms with E-state index in [-0.39, 0.29) is 82.3 Å². The summed E-state index contributed by atoms with van der Waals surface area (Å²) < 4.78 is 83.4. The van der Waals surface area contributed by atoms with E-state index in [2.05, 4.69) is 56.0 Å². The van der Waals surface area contributed by atoms with Gasteiger partial charge in [-0.25, -0.2) is 27.7 Å². The Bertz CT molecular complexity index is 3110. The van der Waals surface area contributed by atoms with E-state index in [0.717, 1.165) is 49.7 Å². The van der Waals surface area contributed by atoms with Crippen molar-refractivity contribution in [1.29, 1.82) is 0 Å². The highest BCUT2D eigenvalue weighted by Gasteiger charge is 2.50. The zero-order chi connectivity index (χ0) is 52.0. The molecule has 4 aliphatic rings. The largest absolute Gasteiger partial charge is 0.475 e. The minimum atomic E-state index is -4.77. The summed E-state index contributed by atoms with van der Waals surface area (Å²) in [6.45, 7) is 10.7. The van der Waals surface area contributed by atoms with Gasteiger partial charge in [-0.2, -0.15) is 17.7 Å².